The van der Waals surface area contributed by atoms with Gasteiger partial charge in [-0.15, -0.1) is 0 Å². The lowest BCUT2D eigenvalue weighted by molar-refractivity contribution is -0.199. The van der Waals surface area contributed by atoms with Crippen molar-refractivity contribution >= 4 is 32.1 Å². The molecule has 10 aliphatic rings. The summed E-state index contributed by atoms with van der Waals surface area (Å²) in [6, 6.07) is 20.4. The van der Waals surface area contributed by atoms with Gasteiger partial charge in [0.05, 0.1) is 73.5 Å². The average molecular weight is 952 g/mol. The van der Waals surface area contributed by atoms with Crippen LogP contribution in [0.3, 0.4) is 0 Å². The van der Waals surface area contributed by atoms with E-state index in [-0.39, 0.29) is 71.1 Å². The van der Waals surface area contributed by atoms with Crippen molar-refractivity contribution in [3.8, 4) is 0 Å². The third-order valence-electron chi connectivity index (χ3n) is 17.8. The minimum Gasteiger partial charge on any atom is -0.444 e. The van der Waals surface area contributed by atoms with Gasteiger partial charge >= 0.3 is 20.3 Å². The molecule has 0 radical (unpaired) electrons. The van der Waals surface area contributed by atoms with Crippen molar-refractivity contribution in [1.82, 2.24) is 15.5 Å². The van der Waals surface area contributed by atoms with E-state index in [1.165, 1.54) is 18.4 Å². The summed E-state index contributed by atoms with van der Waals surface area (Å²) in [5.41, 5.74) is 1.66. The fourth-order valence-electron chi connectivity index (χ4n) is 13.6. The molecule has 2 aromatic rings. The molecule has 0 aromatic heterocycles. The number of carbonyl (C=O) groups excluding carboxylic acids is 3. The fraction of sp³-hybridized carbons (Fsp3) is 0.722. The maximum atomic E-state index is 13.3. The number of carbonyl (C=O) groups is 3. The number of morpholine rings is 1. The number of benzene rings is 2. The highest BCUT2D eigenvalue weighted by Crippen LogP contribution is 2.67. The van der Waals surface area contributed by atoms with E-state index in [1.807, 2.05) is 57.2 Å². The molecule has 69 heavy (non-hydrogen) atoms. The van der Waals surface area contributed by atoms with Crippen molar-refractivity contribution in [3.63, 3.8) is 0 Å². The first-order valence-electron chi connectivity index (χ1n) is 26.3. The van der Waals surface area contributed by atoms with Gasteiger partial charge in [0.15, 0.2) is 0 Å². The van der Waals surface area contributed by atoms with Crippen molar-refractivity contribution in [2.45, 2.75) is 186 Å². The van der Waals surface area contributed by atoms with E-state index in [0.717, 1.165) is 44.3 Å². The minimum atomic E-state index is -0.572. The van der Waals surface area contributed by atoms with Crippen molar-refractivity contribution in [3.05, 3.63) is 71.8 Å². The average Bonchev–Trinajstić information content (AvgIpc) is 3.86. The summed E-state index contributed by atoms with van der Waals surface area (Å²) in [6.45, 7) is 21.3. The lowest BCUT2D eigenvalue weighted by Crippen LogP contribution is -2.65. The number of amides is 3. The fourth-order valence-corrected chi connectivity index (χ4v) is 13.6. The second kappa shape index (κ2) is 19.9. The van der Waals surface area contributed by atoms with Gasteiger partial charge in [-0.05, 0) is 138 Å². The van der Waals surface area contributed by atoms with Gasteiger partial charge in [0.1, 0.15) is 5.60 Å². The van der Waals surface area contributed by atoms with Crippen LogP contribution in [-0.2, 0) is 55.3 Å². The lowest BCUT2D eigenvalue weighted by Gasteiger charge is -2.64. The largest absolute Gasteiger partial charge is 0.482 e. The molecule has 13 nitrogen and oxygen atoms in total. The molecule has 2 N–H and O–H groups in total. The van der Waals surface area contributed by atoms with Crippen LogP contribution in [0.15, 0.2) is 60.7 Å². The van der Waals surface area contributed by atoms with E-state index < -0.39 is 25.9 Å². The Kier molecular flexibility index (Phi) is 14.5. The molecule has 6 saturated carbocycles. The van der Waals surface area contributed by atoms with Crippen molar-refractivity contribution in [1.29, 1.82) is 0 Å². The van der Waals surface area contributed by atoms with Crippen LogP contribution in [0.2, 0.25) is 0 Å². The van der Waals surface area contributed by atoms with Crippen LogP contribution >= 0.6 is 0 Å². The summed E-state index contributed by atoms with van der Waals surface area (Å²) in [6.07, 6.45) is 8.94. The Morgan fingerprint density at radius 3 is 1.61 bits per heavy atom. The molecule has 10 fully saturated rings. The van der Waals surface area contributed by atoms with Crippen LogP contribution in [0.5, 0.6) is 0 Å². The standard InChI is InChI=1S/C29H43BN2O6.C25H36BNO4/c1-27(2,3)36-26(34)32-12-13-35-21(18-32)17-25(33)31-24(14-19-10-8-7-9-11-19)30-37-23-16-20-15-22(28(20,4)5)29(23,6)38-30;1-24(2)18-14-20(24)25(3)21(15-18)30-26(31-25)22(13-17-9-5-4-6-10-17)27-23(28)16-19-11-7-8-12-29-19/h7-11,20-24H,12-18H2,1-6H3,(H,31,33);4-6,9-10,18-22H,7-8,11-16H2,1-3H3,(H,27,28)/t20-,21+,22-,23+,24-,29-;18-,19-,20-,21+,22-,25-/m00/s1. The van der Waals surface area contributed by atoms with Crippen molar-refractivity contribution in [2.75, 3.05) is 26.3 Å². The summed E-state index contributed by atoms with van der Waals surface area (Å²) in [4.78, 5) is 40.4. The molecule has 4 bridgehead atoms. The molecule has 0 unspecified atom stereocenters. The molecule has 0 spiro atoms. The molecule has 4 heterocycles. The van der Waals surface area contributed by atoms with Gasteiger partial charge in [0.25, 0.3) is 0 Å². The Labute approximate surface area is 412 Å². The Hall–Kier alpha value is -3.46. The van der Waals surface area contributed by atoms with Crippen molar-refractivity contribution in [2.24, 2.45) is 34.5 Å². The zero-order chi connectivity index (χ0) is 48.9. The van der Waals surface area contributed by atoms with E-state index in [9.17, 15) is 14.4 Å². The molecule has 12 atom stereocenters. The van der Waals surface area contributed by atoms with Crippen LogP contribution < -0.4 is 10.6 Å². The highest BCUT2D eigenvalue weighted by molar-refractivity contribution is 6.48. The summed E-state index contributed by atoms with van der Waals surface area (Å²) < 4.78 is 43.6. The van der Waals surface area contributed by atoms with Gasteiger partial charge < -0.3 is 48.4 Å². The molecular formula is C54H79B2N3O10. The van der Waals surface area contributed by atoms with Crippen LogP contribution in [0, 0.1) is 34.5 Å². The zero-order valence-electron chi connectivity index (χ0n) is 42.8. The Bertz CT molecular complexity index is 2120. The SMILES string of the molecule is CC(C)(C)OC(=O)N1CCO[C@H](CC(=O)N[C@@H](Cc2ccccc2)B2O[C@@H]3C[C@@H]4C[C@@H](C4(C)C)[C@]3(C)O2)C1.CC1(C)[C@@H]2C[C@H]3OB([C@H](Cc4ccccc4)NC(=O)C[C@@H]4CCCCO4)O[C@@]3(C)[C@H]1C2. The number of rotatable bonds is 12. The van der Waals surface area contributed by atoms with Gasteiger partial charge in [-0.2, -0.15) is 0 Å². The first-order chi connectivity index (χ1) is 32.7. The van der Waals surface area contributed by atoms with Gasteiger partial charge in [-0.25, -0.2) is 4.79 Å². The van der Waals surface area contributed by atoms with Crippen LogP contribution in [-0.4, -0.2) is 116 Å². The van der Waals surface area contributed by atoms with Crippen molar-refractivity contribution < 1.29 is 47.2 Å². The second-order valence-electron chi connectivity index (χ2n) is 24.2. The lowest BCUT2D eigenvalue weighted by atomic mass is 9.43. The van der Waals surface area contributed by atoms with Gasteiger partial charge in [-0.1, -0.05) is 88.4 Å². The summed E-state index contributed by atoms with van der Waals surface area (Å²) in [7, 11) is -0.934. The Morgan fingerprint density at radius 1 is 0.681 bits per heavy atom. The van der Waals surface area contributed by atoms with Crippen LogP contribution in [0.25, 0.3) is 0 Å². The number of nitrogens with one attached hydrogen (secondary N) is 2. The third-order valence-corrected chi connectivity index (χ3v) is 17.8. The number of hydrogen-bond acceptors (Lipinski definition) is 10. The maximum Gasteiger partial charge on any atom is 0.482 e. The molecule has 2 aromatic carbocycles. The van der Waals surface area contributed by atoms with Crippen LogP contribution in [0.1, 0.15) is 131 Å². The molecule has 4 saturated heterocycles. The summed E-state index contributed by atoms with van der Waals surface area (Å²) in [5.74, 6) is 1.68. The molecule has 12 rings (SSSR count). The Morgan fingerprint density at radius 2 is 1.16 bits per heavy atom. The quantitative estimate of drug-likeness (QED) is 0.202. The summed E-state index contributed by atoms with van der Waals surface area (Å²) >= 11 is 0. The van der Waals surface area contributed by atoms with Gasteiger partial charge in [0, 0.05) is 13.2 Å². The maximum absolute atomic E-state index is 13.3. The smallest absolute Gasteiger partial charge is 0.444 e. The first-order valence-corrected chi connectivity index (χ1v) is 26.3. The monoisotopic (exact) mass is 952 g/mol. The highest BCUT2D eigenvalue weighted by atomic mass is 16.7. The predicted molar refractivity (Wildman–Crippen MR) is 265 cm³/mol. The van der Waals surface area contributed by atoms with E-state index >= 15 is 0 Å². The predicted octanol–water partition coefficient (Wildman–Crippen LogP) is 7.95. The molecule has 3 amide bonds. The van der Waals surface area contributed by atoms with E-state index in [0.29, 0.717) is 68.0 Å². The topological polar surface area (TPSA) is 143 Å². The van der Waals surface area contributed by atoms with Crippen LogP contribution in [0.4, 0.5) is 4.79 Å². The summed E-state index contributed by atoms with van der Waals surface area (Å²) in [5, 5.41) is 6.47. The zero-order valence-corrected chi connectivity index (χ0v) is 42.8. The van der Waals surface area contributed by atoms with E-state index in [4.69, 9.17) is 32.8 Å². The van der Waals surface area contributed by atoms with Gasteiger partial charge in [0.2, 0.25) is 11.8 Å². The minimum absolute atomic E-state index is 0.0321. The van der Waals surface area contributed by atoms with Gasteiger partial charge in [-0.3, -0.25) is 9.59 Å². The number of hydrogen-bond donors (Lipinski definition) is 2. The van der Waals surface area contributed by atoms with E-state index in [1.54, 1.807) is 4.90 Å². The molecule has 4 aliphatic heterocycles. The number of ether oxygens (including phenoxy) is 3. The highest BCUT2D eigenvalue weighted by Gasteiger charge is 2.70. The third kappa shape index (κ3) is 10.7. The molecular weight excluding hydrogens is 872 g/mol. The first kappa shape index (κ1) is 50.5. The van der Waals surface area contributed by atoms with E-state index in [2.05, 4.69) is 76.4 Å². The molecule has 15 heteroatoms. The Balaban J connectivity index is 0.000000175. The normalized spacial score (nSPS) is 34.6. The number of nitrogens with zero attached hydrogens (tertiary/aromatic N) is 1. The molecule has 376 valence electrons. The molecule has 6 aliphatic carbocycles. The second-order valence-corrected chi connectivity index (χ2v) is 24.2.